The van der Waals surface area contributed by atoms with Gasteiger partial charge in [0.15, 0.2) is 5.78 Å². The molecule has 102 valence electrons. The van der Waals surface area contributed by atoms with Gasteiger partial charge >= 0.3 is 0 Å². The molecule has 2 aromatic rings. The van der Waals surface area contributed by atoms with E-state index in [-0.39, 0.29) is 22.1 Å². The van der Waals surface area contributed by atoms with Crippen LogP contribution in [0, 0.1) is 0 Å². The average molecular weight is 289 g/mol. The molecular formula is C16H13ClO3. The number of carbonyl (C=O) groups is 1. The summed E-state index contributed by atoms with van der Waals surface area (Å²) in [5.74, 6) is 0.250. The molecule has 20 heavy (non-hydrogen) atoms. The molecule has 2 rings (SSSR count). The van der Waals surface area contributed by atoms with E-state index in [1.54, 1.807) is 31.4 Å². The van der Waals surface area contributed by atoms with E-state index < -0.39 is 0 Å². The second-order valence-corrected chi connectivity index (χ2v) is 4.51. The monoisotopic (exact) mass is 288 g/mol. The number of hydrogen-bond acceptors (Lipinski definition) is 3. The fourth-order valence-electron chi connectivity index (χ4n) is 1.69. The fraction of sp³-hybridized carbons (Fsp3) is 0.0625. The third-order valence-electron chi connectivity index (χ3n) is 2.80. The number of allylic oxidation sites excluding steroid dienone is 1. The molecule has 0 radical (unpaired) electrons. The van der Waals surface area contributed by atoms with Crippen LogP contribution in [0.15, 0.2) is 48.5 Å². The van der Waals surface area contributed by atoms with Crippen LogP contribution in [0.5, 0.6) is 11.5 Å². The van der Waals surface area contributed by atoms with Crippen molar-refractivity contribution < 1.29 is 14.6 Å². The van der Waals surface area contributed by atoms with Crippen LogP contribution < -0.4 is 4.74 Å². The molecule has 0 atom stereocenters. The molecular weight excluding hydrogens is 276 g/mol. The van der Waals surface area contributed by atoms with Crippen molar-refractivity contribution in [3.8, 4) is 11.5 Å². The van der Waals surface area contributed by atoms with Crippen molar-refractivity contribution in [2.45, 2.75) is 0 Å². The van der Waals surface area contributed by atoms with Gasteiger partial charge in [0, 0.05) is 0 Å². The summed E-state index contributed by atoms with van der Waals surface area (Å²) in [6.07, 6.45) is 3.06. The molecule has 4 heteroatoms. The van der Waals surface area contributed by atoms with Crippen LogP contribution in [0.25, 0.3) is 6.08 Å². The SMILES string of the molecule is COc1ccc(/C=C/C(=O)c2cccc(Cl)c2O)cc1. The van der Waals surface area contributed by atoms with Crippen molar-refractivity contribution in [2.75, 3.05) is 7.11 Å². The Hall–Kier alpha value is -2.26. The third-order valence-corrected chi connectivity index (χ3v) is 3.10. The standard InChI is InChI=1S/C16H13ClO3/c1-20-12-8-5-11(6-9-12)7-10-15(18)13-3-2-4-14(17)16(13)19/h2-10,19H,1H3/b10-7+. The number of aromatic hydroxyl groups is 1. The van der Waals surface area contributed by atoms with Gasteiger partial charge in [-0.15, -0.1) is 0 Å². The van der Waals surface area contributed by atoms with Gasteiger partial charge in [0.05, 0.1) is 17.7 Å². The van der Waals surface area contributed by atoms with Crippen molar-refractivity contribution in [3.05, 3.63) is 64.7 Å². The first kappa shape index (κ1) is 14.2. The van der Waals surface area contributed by atoms with Gasteiger partial charge in [-0.05, 0) is 35.9 Å². The van der Waals surface area contributed by atoms with Crippen molar-refractivity contribution >= 4 is 23.5 Å². The Bertz CT molecular complexity index is 645. The number of ether oxygens (including phenoxy) is 1. The molecule has 0 spiro atoms. The Morgan fingerprint density at radius 3 is 2.55 bits per heavy atom. The second kappa shape index (κ2) is 6.26. The van der Waals surface area contributed by atoms with Crippen LogP contribution in [-0.4, -0.2) is 18.0 Å². The maximum atomic E-state index is 12.0. The maximum absolute atomic E-state index is 12.0. The lowest BCUT2D eigenvalue weighted by atomic mass is 10.1. The number of methoxy groups -OCH3 is 1. The Kier molecular flexibility index (Phi) is 4.43. The largest absolute Gasteiger partial charge is 0.506 e. The van der Waals surface area contributed by atoms with E-state index in [0.29, 0.717) is 0 Å². The highest BCUT2D eigenvalue weighted by molar-refractivity contribution is 6.32. The molecule has 0 bridgehead atoms. The fourth-order valence-corrected chi connectivity index (χ4v) is 1.87. The van der Waals surface area contributed by atoms with Crippen LogP contribution in [0.3, 0.4) is 0 Å². The van der Waals surface area contributed by atoms with Gasteiger partial charge in [-0.1, -0.05) is 35.9 Å². The van der Waals surface area contributed by atoms with Crippen molar-refractivity contribution in [3.63, 3.8) is 0 Å². The summed E-state index contributed by atoms with van der Waals surface area (Å²) >= 11 is 5.77. The highest BCUT2D eigenvalue weighted by Gasteiger charge is 2.10. The predicted octanol–water partition coefficient (Wildman–Crippen LogP) is 3.95. The molecule has 3 nitrogen and oxygen atoms in total. The third kappa shape index (κ3) is 3.19. The number of para-hydroxylation sites is 1. The lowest BCUT2D eigenvalue weighted by Crippen LogP contribution is -1.94. The topological polar surface area (TPSA) is 46.5 Å². The number of rotatable bonds is 4. The van der Waals surface area contributed by atoms with E-state index in [1.807, 2.05) is 12.1 Å². The lowest BCUT2D eigenvalue weighted by Gasteiger charge is -2.02. The second-order valence-electron chi connectivity index (χ2n) is 4.11. The van der Waals surface area contributed by atoms with Crippen molar-refractivity contribution in [2.24, 2.45) is 0 Å². The summed E-state index contributed by atoms with van der Waals surface area (Å²) < 4.78 is 5.05. The van der Waals surface area contributed by atoms with Crippen LogP contribution >= 0.6 is 11.6 Å². The van der Waals surface area contributed by atoms with E-state index in [0.717, 1.165) is 11.3 Å². The predicted molar refractivity (Wildman–Crippen MR) is 79.5 cm³/mol. The normalized spacial score (nSPS) is 10.7. The van der Waals surface area contributed by atoms with E-state index in [1.165, 1.54) is 18.2 Å². The molecule has 0 aliphatic heterocycles. The van der Waals surface area contributed by atoms with Crippen LogP contribution in [0.4, 0.5) is 0 Å². The van der Waals surface area contributed by atoms with Gasteiger partial charge in [-0.25, -0.2) is 0 Å². The Labute approximate surface area is 122 Å². The number of carbonyl (C=O) groups excluding carboxylic acids is 1. The van der Waals surface area contributed by atoms with Gasteiger partial charge in [-0.2, -0.15) is 0 Å². The van der Waals surface area contributed by atoms with E-state index in [2.05, 4.69) is 0 Å². The quantitative estimate of drug-likeness (QED) is 0.684. The summed E-state index contributed by atoms with van der Waals surface area (Å²) in [5, 5.41) is 9.89. The van der Waals surface area contributed by atoms with Crippen molar-refractivity contribution in [1.29, 1.82) is 0 Å². The minimum atomic E-state index is -0.305. The lowest BCUT2D eigenvalue weighted by molar-refractivity contribution is 0.104. The first-order chi connectivity index (χ1) is 9.61. The smallest absolute Gasteiger partial charge is 0.189 e. The first-order valence-corrected chi connectivity index (χ1v) is 6.33. The molecule has 0 saturated carbocycles. The summed E-state index contributed by atoms with van der Waals surface area (Å²) in [4.78, 5) is 12.0. The van der Waals surface area contributed by atoms with Crippen molar-refractivity contribution in [1.82, 2.24) is 0 Å². The maximum Gasteiger partial charge on any atom is 0.189 e. The number of hydrogen-bond donors (Lipinski definition) is 1. The highest BCUT2D eigenvalue weighted by Crippen LogP contribution is 2.27. The molecule has 1 N–H and O–H groups in total. The Morgan fingerprint density at radius 2 is 1.90 bits per heavy atom. The van der Waals surface area contributed by atoms with Crippen LogP contribution in [0.1, 0.15) is 15.9 Å². The first-order valence-electron chi connectivity index (χ1n) is 5.96. The average Bonchev–Trinajstić information content (AvgIpc) is 2.48. The van der Waals surface area contributed by atoms with Gasteiger partial charge in [-0.3, -0.25) is 4.79 Å². The van der Waals surface area contributed by atoms with Gasteiger partial charge in [0.25, 0.3) is 0 Å². The molecule has 0 amide bonds. The minimum Gasteiger partial charge on any atom is -0.506 e. The molecule has 0 saturated heterocycles. The van der Waals surface area contributed by atoms with E-state index >= 15 is 0 Å². The number of halogens is 1. The number of benzene rings is 2. The van der Waals surface area contributed by atoms with E-state index in [4.69, 9.17) is 16.3 Å². The van der Waals surface area contributed by atoms with Gasteiger partial charge in [0.1, 0.15) is 11.5 Å². The molecule has 2 aromatic carbocycles. The van der Waals surface area contributed by atoms with Gasteiger partial charge < -0.3 is 9.84 Å². The van der Waals surface area contributed by atoms with Gasteiger partial charge in [0.2, 0.25) is 0 Å². The van der Waals surface area contributed by atoms with Crippen LogP contribution in [-0.2, 0) is 0 Å². The number of phenolic OH excluding ortho intramolecular Hbond substituents is 1. The highest BCUT2D eigenvalue weighted by atomic mass is 35.5. The Morgan fingerprint density at radius 1 is 1.20 bits per heavy atom. The summed E-state index contributed by atoms with van der Waals surface area (Å²) in [6.45, 7) is 0. The van der Waals surface area contributed by atoms with Crippen LogP contribution in [0.2, 0.25) is 5.02 Å². The number of phenols is 1. The summed E-state index contributed by atoms with van der Waals surface area (Å²) in [7, 11) is 1.59. The van der Waals surface area contributed by atoms with E-state index in [9.17, 15) is 9.90 Å². The molecule has 0 aromatic heterocycles. The number of ketones is 1. The molecule has 0 fully saturated rings. The molecule has 0 aliphatic carbocycles. The molecule has 0 aliphatic rings. The zero-order valence-corrected chi connectivity index (χ0v) is 11.6. The zero-order valence-electron chi connectivity index (χ0n) is 10.8. The Balaban J connectivity index is 2.18. The zero-order chi connectivity index (χ0) is 14.5. The summed E-state index contributed by atoms with van der Waals surface area (Å²) in [5.41, 5.74) is 1.04. The molecule has 0 heterocycles. The minimum absolute atomic E-state index is 0.161. The molecule has 0 unspecified atom stereocenters. The summed E-state index contributed by atoms with van der Waals surface area (Å²) in [6, 6.07) is 12.0.